The van der Waals surface area contributed by atoms with Gasteiger partial charge in [0.05, 0.1) is 0 Å². The van der Waals surface area contributed by atoms with Crippen molar-refractivity contribution in [3.63, 3.8) is 0 Å². The number of likely N-dealkylation sites (tertiary alicyclic amines) is 1. The molecule has 1 N–H and O–H groups in total. The van der Waals surface area contributed by atoms with Crippen LogP contribution in [-0.2, 0) is 0 Å². The summed E-state index contributed by atoms with van der Waals surface area (Å²) in [4.78, 5) is 2.66. The molecule has 1 unspecified atom stereocenters. The molecule has 17 heavy (non-hydrogen) atoms. The van der Waals surface area contributed by atoms with Gasteiger partial charge in [0.15, 0.2) is 0 Å². The summed E-state index contributed by atoms with van der Waals surface area (Å²) in [6.07, 6.45) is 9.11. The van der Waals surface area contributed by atoms with Gasteiger partial charge in [-0.05, 0) is 50.8 Å². The monoisotopic (exact) mass is 258 g/mol. The van der Waals surface area contributed by atoms with E-state index >= 15 is 0 Å². The van der Waals surface area contributed by atoms with Gasteiger partial charge >= 0.3 is 0 Å². The topological polar surface area (TPSA) is 15.3 Å². The van der Waals surface area contributed by atoms with Gasteiger partial charge in [-0.25, -0.2) is 0 Å². The quantitative estimate of drug-likeness (QED) is 0.674. The van der Waals surface area contributed by atoms with E-state index in [2.05, 4.69) is 30.3 Å². The fraction of sp³-hybridized carbons (Fsp3) is 1.00. The van der Waals surface area contributed by atoms with Crippen molar-refractivity contribution < 1.29 is 0 Å². The van der Waals surface area contributed by atoms with Crippen LogP contribution in [0.15, 0.2) is 0 Å². The van der Waals surface area contributed by atoms with Crippen molar-refractivity contribution in [3.05, 3.63) is 0 Å². The first kappa shape index (κ1) is 15.3. The Bertz CT molecular complexity index is 185. The molecule has 0 aromatic carbocycles. The van der Waals surface area contributed by atoms with E-state index in [4.69, 9.17) is 0 Å². The maximum Gasteiger partial charge on any atom is 0.0197 e. The molecule has 0 bridgehead atoms. The maximum absolute atomic E-state index is 3.68. The molecule has 1 atom stereocenters. The first-order valence-electron chi connectivity index (χ1n) is 7.19. The highest BCUT2D eigenvalue weighted by Gasteiger charge is 2.19. The van der Waals surface area contributed by atoms with E-state index in [-0.39, 0.29) is 0 Å². The molecule has 0 aromatic rings. The van der Waals surface area contributed by atoms with Gasteiger partial charge < -0.3 is 10.2 Å². The van der Waals surface area contributed by atoms with E-state index < -0.39 is 0 Å². The van der Waals surface area contributed by atoms with Crippen molar-refractivity contribution in [2.75, 3.05) is 31.6 Å². The Morgan fingerprint density at radius 2 is 2.12 bits per heavy atom. The Balaban J connectivity index is 2.08. The molecule has 1 aliphatic rings. The van der Waals surface area contributed by atoms with Crippen LogP contribution < -0.4 is 5.32 Å². The van der Waals surface area contributed by atoms with Gasteiger partial charge in [-0.3, -0.25) is 0 Å². The SMILES string of the molecule is CSCCCCCN1CCCC(NC(C)C)C1. The Morgan fingerprint density at radius 1 is 1.29 bits per heavy atom. The zero-order valence-electron chi connectivity index (χ0n) is 11.9. The average molecular weight is 258 g/mol. The first-order chi connectivity index (χ1) is 8.22. The lowest BCUT2D eigenvalue weighted by molar-refractivity contribution is 0.183. The first-order valence-corrected chi connectivity index (χ1v) is 8.59. The van der Waals surface area contributed by atoms with Crippen LogP contribution in [0, 0.1) is 0 Å². The Labute approximate surface area is 112 Å². The van der Waals surface area contributed by atoms with E-state index in [1.807, 2.05) is 11.8 Å². The molecule has 1 heterocycles. The van der Waals surface area contributed by atoms with Gasteiger partial charge in [0.1, 0.15) is 0 Å². The molecule has 0 aromatic heterocycles. The highest BCUT2D eigenvalue weighted by Crippen LogP contribution is 2.12. The van der Waals surface area contributed by atoms with Crippen LogP contribution in [0.4, 0.5) is 0 Å². The fourth-order valence-corrected chi connectivity index (χ4v) is 3.12. The summed E-state index contributed by atoms with van der Waals surface area (Å²) in [6, 6.07) is 1.36. The molecule has 0 radical (unpaired) electrons. The number of piperidine rings is 1. The standard InChI is InChI=1S/C14H30N2S/c1-13(2)15-14-8-7-10-16(12-14)9-5-4-6-11-17-3/h13-15H,4-12H2,1-3H3. The summed E-state index contributed by atoms with van der Waals surface area (Å²) in [5, 5.41) is 3.68. The van der Waals surface area contributed by atoms with Gasteiger partial charge in [0.25, 0.3) is 0 Å². The third-order valence-corrected chi connectivity index (χ3v) is 4.09. The van der Waals surface area contributed by atoms with Crippen molar-refractivity contribution in [1.29, 1.82) is 0 Å². The largest absolute Gasteiger partial charge is 0.311 e. The number of hydrogen-bond donors (Lipinski definition) is 1. The van der Waals surface area contributed by atoms with E-state index in [9.17, 15) is 0 Å². The molecule has 1 saturated heterocycles. The second-order valence-corrected chi connectivity index (χ2v) is 6.50. The van der Waals surface area contributed by atoms with Crippen LogP contribution in [-0.4, -0.2) is 48.6 Å². The van der Waals surface area contributed by atoms with Gasteiger partial charge in [-0.15, -0.1) is 0 Å². The molecular formula is C14H30N2S. The summed E-state index contributed by atoms with van der Waals surface area (Å²) in [6.45, 7) is 8.40. The normalized spacial score (nSPS) is 22.2. The Hall–Kier alpha value is 0.270. The van der Waals surface area contributed by atoms with E-state index in [1.54, 1.807) is 0 Å². The van der Waals surface area contributed by atoms with Crippen molar-refractivity contribution in [2.24, 2.45) is 0 Å². The Kier molecular flexibility index (Phi) is 8.33. The molecule has 3 heteroatoms. The van der Waals surface area contributed by atoms with Gasteiger partial charge in [0, 0.05) is 18.6 Å². The molecule has 1 aliphatic heterocycles. The minimum Gasteiger partial charge on any atom is -0.311 e. The lowest BCUT2D eigenvalue weighted by atomic mass is 10.0. The van der Waals surface area contributed by atoms with Gasteiger partial charge in [0.2, 0.25) is 0 Å². The molecule has 102 valence electrons. The zero-order valence-corrected chi connectivity index (χ0v) is 12.7. The molecule has 0 saturated carbocycles. The third-order valence-electron chi connectivity index (χ3n) is 3.40. The van der Waals surface area contributed by atoms with E-state index in [1.165, 1.54) is 57.5 Å². The predicted molar refractivity (Wildman–Crippen MR) is 80.0 cm³/mol. The van der Waals surface area contributed by atoms with Crippen LogP contribution in [0.5, 0.6) is 0 Å². The summed E-state index contributed by atoms with van der Waals surface area (Å²) < 4.78 is 0. The molecule has 2 nitrogen and oxygen atoms in total. The summed E-state index contributed by atoms with van der Waals surface area (Å²) >= 11 is 1.97. The van der Waals surface area contributed by atoms with Crippen molar-refractivity contribution in [2.45, 2.75) is 58.0 Å². The molecule has 1 fully saturated rings. The third kappa shape index (κ3) is 7.32. The van der Waals surface area contributed by atoms with Crippen molar-refractivity contribution in [3.8, 4) is 0 Å². The zero-order chi connectivity index (χ0) is 12.5. The maximum atomic E-state index is 3.68. The number of nitrogens with one attached hydrogen (secondary N) is 1. The van der Waals surface area contributed by atoms with Crippen molar-refractivity contribution >= 4 is 11.8 Å². The number of thioether (sulfide) groups is 1. The van der Waals surface area contributed by atoms with Crippen LogP contribution in [0.2, 0.25) is 0 Å². The van der Waals surface area contributed by atoms with E-state index in [0.717, 1.165) is 6.04 Å². The molecule has 0 spiro atoms. The minimum atomic E-state index is 0.626. The molecule has 1 rings (SSSR count). The minimum absolute atomic E-state index is 0.626. The lowest BCUT2D eigenvalue weighted by Crippen LogP contribution is -2.47. The highest BCUT2D eigenvalue weighted by molar-refractivity contribution is 7.98. The van der Waals surface area contributed by atoms with Crippen molar-refractivity contribution in [1.82, 2.24) is 10.2 Å². The lowest BCUT2D eigenvalue weighted by Gasteiger charge is -2.34. The predicted octanol–water partition coefficient (Wildman–Crippen LogP) is 2.98. The number of unbranched alkanes of at least 4 members (excludes halogenated alkanes) is 2. The number of hydrogen-bond acceptors (Lipinski definition) is 3. The highest BCUT2D eigenvalue weighted by atomic mass is 32.2. The van der Waals surface area contributed by atoms with Crippen LogP contribution in [0.3, 0.4) is 0 Å². The van der Waals surface area contributed by atoms with E-state index in [0.29, 0.717) is 6.04 Å². The smallest absolute Gasteiger partial charge is 0.0197 e. The van der Waals surface area contributed by atoms with Gasteiger partial charge in [-0.1, -0.05) is 20.3 Å². The fourth-order valence-electron chi connectivity index (χ4n) is 2.62. The number of rotatable bonds is 8. The molecular weight excluding hydrogens is 228 g/mol. The summed E-state index contributed by atoms with van der Waals surface area (Å²) in [5.74, 6) is 1.33. The second kappa shape index (κ2) is 9.23. The summed E-state index contributed by atoms with van der Waals surface area (Å²) in [7, 11) is 0. The number of nitrogens with zero attached hydrogens (tertiary/aromatic N) is 1. The van der Waals surface area contributed by atoms with Crippen LogP contribution in [0.1, 0.15) is 46.0 Å². The Morgan fingerprint density at radius 3 is 2.82 bits per heavy atom. The van der Waals surface area contributed by atoms with Crippen LogP contribution in [0.25, 0.3) is 0 Å². The molecule has 0 amide bonds. The summed E-state index contributed by atoms with van der Waals surface area (Å²) in [5.41, 5.74) is 0. The second-order valence-electron chi connectivity index (χ2n) is 5.51. The molecule has 0 aliphatic carbocycles. The van der Waals surface area contributed by atoms with Gasteiger partial charge in [-0.2, -0.15) is 11.8 Å². The van der Waals surface area contributed by atoms with Crippen LogP contribution >= 0.6 is 11.8 Å². The average Bonchev–Trinajstić information content (AvgIpc) is 2.28.